The van der Waals surface area contributed by atoms with Crippen molar-refractivity contribution in [3.8, 4) is 0 Å². The van der Waals surface area contributed by atoms with Gasteiger partial charge in [-0.25, -0.2) is 12.8 Å². The Morgan fingerprint density at radius 3 is 2.30 bits per heavy atom. The Hall–Kier alpha value is -2.67. The molecule has 176 valence electrons. The fourth-order valence-corrected chi connectivity index (χ4v) is 6.39. The lowest BCUT2D eigenvalue weighted by Crippen LogP contribution is -2.39. The molecule has 2 aromatic carbocycles. The van der Waals surface area contributed by atoms with Gasteiger partial charge in [-0.3, -0.25) is 4.79 Å². The number of halogens is 1. The summed E-state index contributed by atoms with van der Waals surface area (Å²) in [7, 11) is -4.06. The van der Waals surface area contributed by atoms with E-state index in [4.69, 9.17) is 0 Å². The summed E-state index contributed by atoms with van der Waals surface area (Å²) < 4.78 is 43.8. The number of fused-ring (bicyclic) bond motifs is 1. The van der Waals surface area contributed by atoms with Gasteiger partial charge in [0.25, 0.3) is 0 Å². The van der Waals surface area contributed by atoms with Crippen molar-refractivity contribution < 1.29 is 12.8 Å². The van der Waals surface area contributed by atoms with E-state index in [1.165, 1.54) is 18.3 Å². The highest BCUT2D eigenvalue weighted by Gasteiger charge is 2.27. The minimum atomic E-state index is -4.06. The molecule has 0 bridgehead atoms. The van der Waals surface area contributed by atoms with E-state index in [2.05, 4.69) is 13.8 Å². The number of nitrogens with zero attached hydrogens (tertiary/aromatic N) is 2. The van der Waals surface area contributed by atoms with Gasteiger partial charge in [-0.1, -0.05) is 19.9 Å². The Morgan fingerprint density at radius 1 is 1.03 bits per heavy atom. The predicted molar refractivity (Wildman–Crippen MR) is 130 cm³/mol. The molecule has 1 aliphatic rings. The first-order valence-electron chi connectivity index (χ1n) is 11.5. The summed E-state index contributed by atoms with van der Waals surface area (Å²) in [5.41, 5.74) is 2.14. The Balaban J connectivity index is 1.91. The van der Waals surface area contributed by atoms with Crippen molar-refractivity contribution in [1.29, 1.82) is 0 Å². The molecule has 4 rings (SSSR count). The van der Waals surface area contributed by atoms with E-state index < -0.39 is 21.1 Å². The van der Waals surface area contributed by atoms with Crippen molar-refractivity contribution in [2.24, 2.45) is 11.8 Å². The van der Waals surface area contributed by atoms with Crippen molar-refractivity contribution in [1.82, 2.24) is 4.57 Å². The van der Waals surface area contributed by atoms with Crippen molar-refractivity contribution in [3.05, 3.63) is 63.7 Å². The number of hydrogen-bond acceptors (Lipinski definition) is 4. The molecule has 0 spiro atoms. The minimum absolute atomic E-state index is 0.0677. The van der Waals surface area contributed by atoms with Gasteiger partial charge < -0.3 is 9.47 Å². The van der Waals surface area contributed by atoms with Crippen LogP contribution in [-0.2, 0) is 16.4 Å². The fraction of sp³-hybridized carbons (Fsp3) is 0.423. The maximum absolute atomic E-state index is 15.3. The number of sulfone groups is 1. The highest BCUT2D eigenvalue weighted by molar-refractivity contribution is 7.91. The van der Waals surface area contributed by atoms with Crippen LogP contribution in [0.3, 0.4) is 0 Å². The second-order valence-corrected chi connectivity index (χ2v) is 11.4. The van der Waals surface area contributed by atoms with Crippen LogP contribution in [0.1, 0.15) is 38.3 Å². The van der Waals surface area contributed by atoms with Crippen molar-refractivity contribution in [2.75, 3.05) is 18.0 Å². The lowest BCUT2D eigenvalue weighted by molar-refractivity contribution is 0.354. The molecule has 5 nitrogen and oxygen atoms in total. The Labute approximate surface area is 194 Å². The fourth-order valence-electron chi connectivity index (χ4n) is 4.94. The number of pyridine rings is 1. The molecule has 2 heterocycles. The molecular formula is C26H31FN2O3S. The van der Waals surface area contributed by atoms with Gasteiger partial charge in [0.2, 0.25) is 15.3 Å². The monoisotopic (exact) mass is 470 g/mol. The van der Waals surface area contributed by atoms with Crippen LogP contribution in [0, 0.1) is 31.5 Å². The zero-order valence-corrected chi connectivity index (χ0v) is 20.7. The molecule has 1 aliphatic heterocycles. The Morgan fingerprint density at radius 2 is 1.70 bits per heavy atom. The molecule has 0 radical (unpaired) electrons. The molecule has 3 aromatic rings. The van der Waals surface area contributed by atoms with Crippen LogP contribution < -0.4 is 10.3 Å². The number of piperidine rings is 1. The summed E-state index contributed by atoms with van der Waals surface area (Å²) in [5, 5.41) is 0.0844. The number of anilines is 1. The first-order chi connectivity index (χ1) is 15.5. The summed E-state index contributed by atoms with van der Waals surface area (Å²) in [4.78, 5) is 15.1. The smallest absolute Gasteiger partial charge is 0.211 e. The largest absolute Gasteiger partial charge is 0.369 e. The van der Waals surface area contributed by atoms with Gasteiger partial charge in [-0.15, -0.1) is 0 Å². The maximum atomic E-state index is 15.3. The average molecular weight is 471 g/mol. The van der Waals surface area contributed by atoms with E-state index in [0.717, 1.165) is 30.6 Å². The molecular weight excluding hydrogens is 439 g/mol. The third kappa shape index (κ3) is 4.19. The predicted octanol–water partition coefficient (Wildman–Crippen LogP) is 5.09. The molecule has 1 fully saturated rings. The van der Waals surface area contributed by atoms with Crippen molar-refractivity contribution in [3.63, 3.8) is 0 Å². The summed E-state index contributed by atoms with van der Waals surface area (Å²) in [5.74, 6) is 0.398. The molecule has 33 heavy (non-hydrogen) atoms. The topological polar surface area (TPSA) is 59.4 Å². The van der Waals surface area contributed by atoms with Gasteiger partial charge in [-0.2, -0.15) is 0 Å². The summed E-state index contributed by atoms with van der Waals surface area (Å²) in [6.45, 7) is 11.9. The molecule has 1 saturated heterocycles. The summed E-state index contributed by atoms with van der Waals surface area (Å²) in [6, 6.07) is 7.73. The maximum Gasteiger partial charge on any atom is 0.211 e. The third-order valence-electron chi connectivity index (χ3n) is 6.74. The highest BCUT2D eigenvalue weighted by atomic mass is 32.2. The van der Waals surface area contributed by atoms with Crippen molar-refractivity contribution in [2.45, 2.75) is 57.4 Å². The zero-order chi connectivity index (χ0) is 24.1. The van der Waals surface area contributed by atoms with Gasteiger partial charge in [-0.05, 0) is 74.4 Å². The summed E-state index contributed by atoms with van der Waals surface area (Å²) >= 11 is 0. The average Bonchev–Trinajstić information content (AvgIpc) is 2.75. The lowest BCUT2D eigenvalue weighted by Gasteiger charge is -2.37. The van der Waals surface area contributed by atoms with Gasteiger partial charge in [0.1, 0.15) is 10.7 Å². The first-order valence-corrected chi connectivity index (χ1v) is 12.9. The Bertz CT molecular complexity index is 1380. The van der Waals surface area contributed by atoms with Crippen LogP contribution in [0.4, 0.5) is 10.1 Å². The van der Waals surface area contributed by atoms with Gasteiger partial charge in [0.05, 0.1) is 21.5 Å². The number of rotatable bonds is 4. The van der Waals surface area contributed by atoms with Crippen molar-refractivity contribution >= 4 is 26.4 Å². The molecule has 2 atom stereocenters. The van der Waals surface area contributed by atoms with Crippen LogP contribution in [0.5, 0.6) is 0 Å². The molecule has 1 aromatic heterocycles. The van der Waals surface area contributed by atoms with Gasteiger partial charge in [0, 0.05) is 25.8 Å². The second kappa shape index (κ2) is 8.60. The number of aromatic nitrogens is 1. The molecule has 0 N–H and O–H groups in total. The SMILES string of the molecule is CCn1cc(S(=O)(=O)c2ccc(C)c(C)c2)c(=O)c2cc(F)c(N3CC(C)CC(C)C3)cc21. The van der Waals surface area contributed by atoms with Crippen LogP contribution in [0.25, 0.3) is 10.9 Å². The highest BCUT2D eigenvalue weighted by Crippen LogP contribution is 2.31. The standard InChI is InChI=1S/C26H31FN2O3S/c1-6-28-15-25(33(31,32)20-8-7-18(4)19(5)10-20)26(30)21-11-22(27)24(12-23(21)28)29-13-16(2)9-17(3)14-29/h7-8,10-12,15-17H,6,9,13-14H2,1-5H3. The molecule has 7 heteroatoms. The number of hydrogen-bond donors (Lipinski definition) is 0. The molecule has 0 amide bonds. The van der Waals surface area contributed by atoms with Crippen LogP contribution >= 0.6 is 0 Å². The van der Waals surface area contributed by atoms with Gasteiger partial charge in [0.15, 0.2) is 0 Å². The summed E-state index contributed by atoms with van der Waals surface area (Å²) in [6.07, 6.45) is 2.50. The molecule has 0 saturated carbocycles. The number of aryl methyl sites for hydroxylation is 3. The Kier molecular flexibility index (Phi) is 6.12. The quantitative estimate of drug-likeness (QED) is 0.533. The first kappa shape index (κ1) is 23.5. The van der Waals surface area contributed by atoms with E-state index in [0.29, 0.717) is 29.6 Å². The van der Waals surface area contributed by atoms with Crippen LogP contribution in [0.15, 0.2) is 51.1 Å². The molecule has 0 aliphatic carbocycles. The van der Waals surface area contributed by atoms with E-state index >= 15 is 4.39 Å². The minimum Gasteiger partial charge on any atom is -0.369 e. The van der Waals surface area contributed by atoms with E-state index in [-0.39, 0.29) is 15.2 Å². The lowest BCUT2D eigenvalue weighted by atomic mass is 9.91. The van der Waals surface area contributed by atoms with Gasteiger partial charge >= 0.3 is 0 Å². The van der Waals surface area contributed by atoms with Crippen LogP contribution in [-0.4, -0.2) is 26.1 Å². The van der Waals surface area contributed by atoms with E-state index in [1.54, 1.807) is 22.8 Å². The number of benzene rings is 2. The zero-order valence-electron chi connectivity index (χ0n) is 19.9. The molecule has 2 unspecified atom stereocenters. The third-order valence-corrected chi connectivity index (χ3v) is 8.49. The van der Waals surface area contributed by atoms with Crippen LogP contribution in [0.2, 0.25) is 0 Å². The van der Waals surface area contributed by atoms with E-state index in [1.807, 2.05) is 25.7 Å². The second-order valence-electron chi connectivity index (χ2n) is 9.53. The normalized spacial score (nSPS) is 19.3. The van der Waals surface area contributed by atoms with E-state index in [9.17, 15) is 13.2 Å².